The van der Waals surface area contributed by atoms with Gasteiger partial charge in [-0.2, -0.15) is 0 Å². The molecule has 3 nitrogen and oxygen atoms in total. The summed E-state index contributed by atoms with van der Waals surface area (Å²) >= 11 is 1.54. The summed E-state index contributed by atoms with van der Waals surface area (Å²) in [5, 5.41) is 9.01. The van der Waals surface area contributed by atoms with Gasteiger partial charge in [0.25, 0.3) is 0 Å². The number of hydrogen-bond donors (Lipinski definition) is 1. The highest BCUT2D eigenvalue weighted by atomic mass is 32.2. The van der Waals surface area contributed by atoms with E-state index >= 15 is 0 Å². The van der Waals surface area contributed by atoms with Crippen molar-refractivity contribution in [3.63, 3.8) is 0 Å². The zero-order chi connectivity index (χ0) is 10.7. The van der Waals surface area contributed by atoms with Crippen LogP contribution in [0, 0.1) is 0 Å². The van der Waals surface area contributed by atoms with Gasteiger partial charge in [0.15, 0.2) is 0 Å². The molecule has 1 fully saturated rings. The predicted octanol–water partition coefficient (Wildman–Crippen LogP) is 2.24. The van der Waals surface area contributed by atoms with E-state index in [4.69, 9.17) is 5.11 Å². The van der Waals surface area contributed by atoms with Gasteiger partial charge in [0.1, 0.15) is 6.04 Å². The van der Waals surface area contributed by atoms with Crippen molar-refractivity contribution in [2.45, 2.75) is 23.8 Å². The third kappa shape index (κ3) is 2.52. The Bertz CT molecular complexity index is 342. The quantitative estimate of drug-likeness (QED) is 0.798. The van der Waals surface area contributed by atoms with Crippen LogP contribution in [0.3, 0.4) is 0 Å². The zero-order valence-corrected chi connectivity index (χ0v) is 9.11. The largest absolute Gasteiger partial charge is 0.480 e. The molecule has 0 saturated carbocycles. The summed E-state index contributed by atoms with van der Waals surface area (Å²) in [4.78, 5) is 12.0. The molecule has 1 atom stereocenters. The minimum absolute atomic E-state index is 0.324. The molecule has 1 unspecified atom stereocenters. The molecule has 0 amide bonds. The molecule has 0 aliphatic carbocycles. The molecular formula is C11H13NO2S. The van der Waals surface area contributed by atoms with Gasteiger partial charge in [0.05, 0.1) is 0 Å². The molecule has 2 rings (SSSR count). The van der Waals surface area contributed by atoms with Gasteiger partial charge < -0.3 is 5.11 Å². The highest BCUT2D eigenvalue weighted by molar-refractivity contribution is 7.97. The number of carboxylic acids is 1. The second kappa shape index (κ2) is 4.68. The molecule has 1 N–H and O–H groups in total. The van der Waals surface area contributed by atoms with Crippen LogP contribution in [0.25, 0.3) is 0 Å². The van der Waals surface area contributed by atoms with Crippen molar-refractivity contribution in [2.24, 2.45) is 0 Å². The van der Waals surface area contributed by atoms with E-state index in [1.54, 1.807) is 11.9 Å². The van der Waals surface area contributed by atoms with Gasteiger partial charge in [-0.25, -0.2) is 4.31 Å². The van der Waals surface area contributed by atoms with Crippen LogP contribution in [0.1, 0.15) is 12.8 Å². The Labute approximate surface area is 93.2 Å². The van der Waals surface area contributed by atoms with E-state index in [1.165, 1.54) is 0 Å². The first-order chi connectivity index (χ1) is 7.27. The Kier molecular flexibility index (Phi) is 3.28. The Morgan fingerprint density at radius 3 is 2.80 bits per heavy atom. The fraction of sp³-hybridized carbons (Fsp3) is 0.364. The minimum atomic E-state index is -0.712. The van der Waals surface area contributed by atoms with Crippen LogP contribution in [0.4, 0.5) is 0 Å². The smallest absolute Gasteiger partial charge is 0.321 e. The highest BCUT2D eigenvalue weighted by Gasteiger charge is 2.31. The van der Waals surface area contributed by atoms with E-state index in [2.05, 4.69) is 0 Å². The molecule has 0 spiro atoms. The summed E-state index contributed by atoms with van der Waals surface area (Å²) in [5.74, 6) is -0.712. The number of carboxylic acid groups (broad SMARTS) is 1. The molecule has 1 saturated heterocycles. The van der Waals surface area contributed by atoms with Crippen molar-refractivity contribution in [1.82, 2.24) is 4.31 Å². The van der Waals surface area contributed by atoms with Crippen LogP contribution in [0.15, 0.2) is 35.2 Å². The average molecular weight is 223 g/mol. The van der Waals surface area contributed by atoms with E-state index in [0.29, 0.717) is 0 Å². The third-order valence-electron chi connectivity index (χ3n) is 2.45. The van der Waals surface area contributed by atoms with Crippen LogP contribution in [0.5, 0.6) is 0 Å². The summed E-state index contributed by atoms with van der Waals surface area (Å²) in [7, 11) is 0. The number of carbonyl (C=O) groups is 1. The number of benzene rings is 1. The molecule has 15 heavy (non-hydrogen) atoms. The van der Waals surface area contributed by atoms with E-state index in [-0.39, 0.29) is 6.04 Å². The molecule has 0 radical (unpaired) electrons. The van der Waals surface area contributed by atoms with Crippen molar-refractivity contribution < 1.29 is 9.90 Å². The fourth-order valence-electron chi connectivity index (χ4n) is 1.71. The lowest BCUT2D eigenvalue weighted by molar-refractivity contribution is -0.140. The Morgan fingerprint density at radius 2 is 2.13 bits per heavy atom. The third-order valence-corrected chi connectivity index (χ3v) is 3.61. The topological polar surface area (TPSA) is 40.5 Å². The van der Waals surface area contributed by atoms with Crippen molar-refractivity contribution >= 4 is 17.9 Å². The van der Waals surface area contributed by atoms with Crippen LogP contribution >= 0.6 is 11.9 Å². The Morgan fingerprint density at radius 1 is 1.40 bits per heavy atom. The molecule has 0 bridgehead atoms. The summed E-state index contributed by atoms with van der Waals surface area (Å²) in [6.45, 7) is 0.858. The lowest BCUT2D eigenvalue weighted by Crippen LogP contribution is -2.30. The second-order valence-corrected chi connectivity index (χ2v) is 4.66. The number of aliphatic carboxylic acids is 1. The Balaban J connectivity index is 2.03. The molecule has 1 aromatic rings. The summed E-state index contributed by atoms with van der Waals surface area (Å²) in [6, 6.07) is 9.57. The minimum Gasteiger partial charge on any atom is -0.480 e. The van der Waals surface area contributed by atoms with Crippen molar-refractivity contribution in [2.75, 3.05) is 6.54 Å². The lowest BCUT2D eigenvalue weighted by atomic mass is 10.2. The first-order valence-corrected chi connectivity index (χ1v) is 5.77. The maximum Gasteiger partial charge on any atom is 0.321 e. The van der Waals surface area contributed by atoms with Gasteiger partial charge >= 0.3 is 5.97 Å². The molecule has 1 aliphatic heterocycles. The maximum atomic E-state index is 10.9. The van der Waals surface area contributed by atoms with Crippen molar-refractivity contribution in [3.05, 3.63) is 30.3 Å². The summed E-state index contributed by atoms with van der Waals surface area (Å²) in [5.41, 5.74) is 0. The first-order valence-electron chi connectivity index (χ1n) is 5.00. The molecule has 1 heterocycles. The average Bonchev–Trinajstić information content (AvgIpc) is 2.67. The summed E-state index contributed by atoms with van der Waals surface area (Å²) in [6.07, 6.45) is 1.73. The number of rotatable bonds is 3. The normalized spacial score (nSPS) is 21.7. The van der Waals surface area contributed by atoms with E-state index in [1.807, 2.05) is 34.6 Å². The SMILES string of the molecule is O=C(O)C1CCCN1Sc1ccccc1. The molecule has 80 valence electrons. The summed E-state index contributed by atoms with van der Waals surface area (Å²) < 4.78 is 1.96. The van der Waals surface area contributed by atoms with E-state index < -0.39 is 5.97 Å². The standard InChI is InChI=1S/C11H13NO2S/c13-11(14)10-7-4-8-12(10)15-9-5-2-1-3-6-9/h1-3,5-6,10H,4,7-8H2,(H,13,14). The van der Waals surface area contributed by atoms with Gasteiger partial charge in [-0.05, 0) is 36.9 Å². The molecule has 4 heteroatoms. The van der Waals surface area contributed by atoms with E-state index in [9.17, 15) is 4.79 Å². The first kappa shape index (κ1) is 10.5. The molecule has 1 aliphatic rings. The van der Waals surface area contributed by atoms with Gasteiger partial charge in [-0.3, -0.25) is 4.79 Å². The van der Waals surface area contributed by atoms with E-state index in [0.717, 1.165) is 24.3 Å². The van der Waals surface area contributed by atoms with Crippen LogP contribution < -0.4 is 0 Å². The number of hydrogen-bond acceptors (Lipinski definition) is 3. The van der Waals surface area contributed by atoms with Crippen LogP contribution in [-0.2, 0) is 4.79 Å². The maximum absolute atomic E-state index is 10.9. The van der Waals surface area contributed by atoms with Crippen molar-refractivity contribution in [3.8, 4) is 0 Å². The zero-order valence-electron chi connectivity index (χ0n) is 8.30. The van der Waals surface area contributed by atoms with Crippen LogP contribution in [-0.4, -0.2) is 28.0 Å². The molecule has 0 aromatic heterocycles. The Hall–Kier alpha value is -1.00. The van der Waals surface area contributed by atoms with Gasteiger partial charge in [-0.15, -0.1) is 0 Å². The van der Waals surface area contributed by atoms with Gasteiger partial charge in [0.2, 0.25) is 0 Å². The fourth-order valence-corrected chi connectivity index (χ4v) is 2.81. The van der Waals surface area contributed by atoms with Gasteiger partial charge in [-0.1, -0.05) is 18.2 Å². The van der Waals surface area contributed by atoms with Crippen LogP contribution in [0.2, 0.25) is 0 Å². The van der Waals surface area contributed by atoms with Gasteiger partial charge in [0, 0.05) is 11.4 Å². The second-order valence-electron chi connectivity index (χ2n) is 3.54. The number of nitrogens with zero attached hydrogens (tertiary/aromatic N) is 1. The molecule has 1 aromatic carbocycles. The lowest BCUT2D eigenvalue weighted by Gasteiger charge is -2.19. The molecular weight excluding hydrogens is 210 g/mol. The predicted molar refractivity (Wildman–Crippen MR) is 59.7 cm³/mol. The highest BCUT2D eigenvalue weighted by Crippen LogP contribution is 2.30. The monoisotopic (exact) mass is 223 g/mol. The van der Waals surface area contributed by atoms with Crippen molar-refractivity contribution in [1.29, 1.82) is 0 Å².